The van der Waals surface area contributed by atoms with E-state index in [0.717, 1.165) is 31.5 Å². The monoisotopic (exact) mass is 406 g/mol. The second-order valence-electron chi connectivity index (χ2n) is 8.47. The maximum atomic E-state index is 13.1. The van der Waals surface area contributed by atoms with Crippen LogP contribution in [-0.4, -0.2) is 47.7 Å². The summed E-state index contributed by atoms with van der Waals surface area (Å²) in [5, 5.41) is 0. The third-order valence-electron chi connectivity index (χ3n) is 5.69. The van der Waals surface area contributed by atoms with Crippen molar-refractivity contribution in [1.82, 2.24) is 4.90 Å². The number of aryl methyl sites for hydroxylation is 1. The Bertz CT molecular complexity index is 1000. The van der Waals surface area contributed by atoms with E-state index < -0.39 is 5.60 Å². The summed E-state index contributed by atoms with van der Waals surface area (Å²) in [5.41, 5.74) is 1.47. The lowest BCUT2D eigenvalue weighted by Gasteiger charge is -2.38. The number of likely N-dealkylation sites (tertiary alicyclic amines) is 1. The number of benzene rings is 2. The fraction of sp³-hybridized carbons (Fsp3) is 0.375. The number of rotatable bonds is 4. The van der Waals surface area contributed by atoms with E-state index in [2.05, 4.69) is 0 Å². The Balaban J connectivity index is 1.68. The maximum Gasteiger partial charge on any atom is 0.271 e. The van der Waals surface area contributed by atoms with Crippen LogP contribution in [-0.2, 0) is 4.79 Å². The van der Waals surface area contributed by atoms with E-state index in [4.69, 9.17) is 4.74 Å². The lowest BCUT2D eigenvalue weighted by Crippen LogP contribution is -2.54. The van der Waals surface area contributed by atoms with Crippen LogP contribution in [0.4, 0.5) is 5.69 Å². The van der Waals surface area contributed by atoms with Gasteiger partial charge >= 0.3 is 0 Å². The first kappa shape index (κ1) is 20.1. The SMILES string of the molecule is Cc1ccc(C(=O)CN2C(=O)C(C)(C)Oc3ccc(C(=O)N4CCCC4)cc32)cc1. The van der Waals surface area contributed by atoms with Gasteiger partial charge in [-0.05, 0) is 51.8 Å². The molecule has 2 aliphatic rings. The highest BCUT2D eigenvalue weighted by atomic mass is 16.5. The van der Waals surface area contributed by atoms with Gasteiger partial charge in [-0.1, -0.05) is 29.8 Å². The van der Waals surface area contributed by atoms with Gasteiger partial charge in [0.25, 0.3) is 11.8 Å². The molecule has 30 heavy (non-hydrogen) atoms. The highest BCUT2D eigenvalue weighted by Crippen LogP contribution is 2.38. The second kappa shape index (κ2) is 7.59. The summed E-state index contributed by atoms with van der Waals surface area (Å²) < 4.78 is 5.90. The number of carbonyl (C=O) groups excluding carboxylic acids is 3. The molecule has 0 N–H and O–H groups in total. The van der Waals surface area contributed by atoms with Gasteiger partial charge in [0.2, 0.25) is 0 Å². The zero-order valence-electron chi connectivity index (χ0n) is 17.6. The van der Waals surface area contributed by atoms with Gasteiger partial charge in [-0.2, -0.15) is 0 Å². The van der Waals surface area contributed by atoms with Crippen LogP contribution in [0.5, 0.6) is 5.75 Å². The van der Waals surface area contributed by atoms with Gasteiger partial charge in [0.05, 0.1) is 12.2 Å². The highest BCUT2D eigenvalue weighted by molar-refractivity contribution is 6.10. The van der Waals surface area contributed by atoms with Crippen LogP contribution >= 0.6 is 0 Å². The summed E-state index contributed by atoms with van der Waals surface area (Å²) >= 11 is 0. The Morgan fingerprint density at radius 3 is 2.30 bits per heavy atom. The molecule has 6 nitrogen and oxygen atoms in total. The topological polar surface area (TPSA) is 66.9 Å². The molecule has 2 amide bonds. The van der Waals surface area contributed by atoms with Crippen molar-refractivity contribution in [2.75, 3.05) is 24.5 Å². The minimum atomic E-state index is -1.10. The van der Waals surface area contributed by atoms with Gasteiger partial charge in [-0.15, -0.1) is 0 Å². The molecule has 0 aromatic heterocycles. The molecule has 0 radical (unpaired) electrons. The standard InChI is InChI=1S/C24H26N2O4/c1-16-6-8-17(9-7-16)20(27)15-26-19-14-18(22(28)25-12-4-5-13-25)10-11-21(19)30-24(2,3)23(26)29/h6-11,14H,4-5,12-13,15H2,1-3H3. The van der Waals surface area contributed by atoms with E-state index in [9.17, 15) is 14.4 Å². The number of carbonyl (C=O) groups is 3. The van der Waals surface area contributed by atoms with Gasteiger partial charge in [-0.3, -0.25) is 19.3 Å². The number of hydrogen-bond acceptors (Lipinski definition) is 4. The number of hydrogen-bond donors (Lipinski definition) is 0. The van der Waals surface area contributed by atoms with Crippen LogP contribution in [0.3, 0.4) is 0 Å². The van der Waals surface area contributed by atoms with E-state index in [1.165, 1.54) is 4.90 Å². The molecule has 4 rings (SSSR count). The molecule has 0 aliphatic carbocycles. The maximum absolute atomic E-state index is 13.1. The third-order valence-corrected chi connectivity index (χ3v) is 5.69. The summed E-state index contributed by atoms with van der Waals surface area (Å²) in [6.07, 6.45) is 2.01. The smallest absolute Gasteiger partial charge is 0.271 e. The second-order valence-corrected chi connectivity index (χ2v) is 8.47. The van der Waals surface area contributed by atoms with Crippen LogP contribution in [0.2, 0.25) is 0 Å². The zero-order valence-corrected chi connectivity index (χ0v) is 17.6. The van der Waals surface area contributed by atoms with Crippen LogP contribution in [0.1, 0.15) is 53.0 Å². The number of fused-ring (bicyclic) bond motifs is 1. The number of anilines is 1. The van der Waals surface area contributed by atoms with Crippen molar-refractivity contribution in [2.45, 2.75) is 39.2 Å². The average Bonchev–Trinajstić information content (AvgIpc) is 3.25. The Kier molecular flexibility index (Phi) is 5.10. The van der Waals surface area contributed by atoms with Gasteiger partial charge in [0.15, 0.2) is 11.4 Å². The summed E-state index contributed by atoms with van der Waals surface area (Å²) in [4.78, 5) is 42.1. The molecule has 2 heterocycles. The van der Waals surface area contributed by atoms with E-state index in [1.807, 2.05) is 24.0 Å². The Hall–Kier alpha value is -3.15. The summed E-state index contributed by atoms with van der Waals surface area (Å²) in [6.45, 7) is 6.71. The van der Waals surface area contributed by atoms with Crippen LogP contribution in [0.25, 0.3) is 0 Å². The van der Waals surface area contributed by atoms with E-state index >= 15 is 0 Å². The molecule has 2 aromatic rings. The zero-order chi connectivity index (χ0) is 21.5. The highest BCUT2D eigenvalue weighted by Gasteiger charge is 2.42. The van der Waals surface area contributed by atoms with Crippen LogP contribution < -0.4 is 9.64 Å². The van der Waals surface area contributed by atoms with E-state index in [1.54, 1.807) is 44.2 Å². The number of nitrogens with zero attached hydrogens (tertiary/aromatic N) is 2. The molecule has 0 atom stereocenters. The molecule has 0 spiro atoms. The third kappa shape index (κ3) is 3.70. The Morgan fingerprint density at radius 2 is 1.63 bits per heavy atom. The largest absolute Gasteiger partial charge is 0.476 e. The van der Waals surface area contributed by atoms with Gasteiger partial charge < -0.3 is 9.64 Å². The minimum Gasteiger partial charge on any atom is -0.476 e. The number of ketones is 1. The molecule has 6 heteroatoms. The minimum absolute atomic E-state index is 0.0580. The summed E-state index contributed by atoms with van der Waals surface area (Å²) in [5.74, 6) is -0.0313. The molecular formula is C24H26N2O4. The van der Waals surface area contributed by atoms with Crippen molar-refractivity contribution in [1.29, 1.82) is 0 Å². The molecule has 1 saturated heterocycles. The first-order chi connectivity index (χ1) is 14.3. The van der Waals surface area contributed by atoms with Crippen molar-refractivity contribution in [2.24, 2.45) is 0 Å². The lowest BCUT2D eigenvalue weighted by molar-refractivity contribution is -0.132. The fourth-order valence-electron chi connectivity index (χ4n) is 3.93. The molecule has 156 valence electrons. The first-order valence-electron chi connectivity index (χ1n) is 10.3. The quantitative estimate of drug-likeness (QED) is 0.728. The van der Waals surface area contributed by atoms with E-state index in [-0.39, 0.29) is 24.1 Å². The fourth-order valence-corrected chi connectivity index (χ4v) is 3.93. The molecule has 2 aliphatic heterocycles. The predicted octanol–water partition coefficient (Wildman–Crippen LogP) is 3.62. The van der Waals surface area contributed by atoms with Crippen molar-refractivity contribution < 1.29 is 19.1 Å². The van der Waals surface area contributed by atoms with Crippen molar-refractivity contribution in [3.05, 3.63) is 59.2 Å². The van der Waals surface area contributed by atoms with Crippen LogP contribution in [0.15, 0.2) is 42.5 Å². The Morgan fingerprint density at radius 1 is 1.00 bits per heavy atom. The molecule has 0 saturated carbocycles. The number of amides is 2. The summed E-state index contributed by atoms with van der Waals surface area (Å²) in [6, 6.07) is 12.4. The van der Waals surface area contributed by atoms with Crippen molar-refractivity contribution in [3.8, 4) is 5.75 Å². The summed E-state index contributed by atoms with van der Waals surface area (Å²) in [7, 11) is 0. The van der Waals surface area contributed by atoms with Gasteiger partial charge in [0, 0.05) is 24.2 Å². The first-order valence-corrected chi connectivity index (χ1v) is 10.3. The number of Topliss-reactive ketones (excluding diaryl/α,β-unsaturated/α-hetero) is 1. The van der Waals surface area contributed by atoms with Gasteiger partial charge in [0.1, 0.15) is 5.75 Å². The average molecular weight is 406 g/mol. The van der Waals surface area contributed by atoms with Crippen LogP contribution in [0, 0.1) is 6.92 Å². The molecule has 0 bridgehead atoms. The predicted molar refractivity (Wildman–Crippen MR) is 114 cm³/mol. The normalized spacial score (nSPS) is 17.5. The molecule has 2 aromatic carbocycles. The van der Waals surface area contributed by atoms with E-state index in [0.29, 0.717) is 22.6 Å². The molecule has 1 fully saturated rings. The number of ether oxygens (including phenoxy) is 1. The molecular weight excluding hydrogens is 380 g/mol. The van der Waals surface area contributed by atoms with Crippen molar-refractivity contribution >= 4 is 23.3 Å². The molecule has 0 unspecified atom stereocenters. The van der Waals surface area contributed by atoms with Gasteiger partial charge in [-0.25, -0.2) is 0 Å². The Labute approximate surface area is 176 Å². The van der Waals surface area contributed by atoms with Crippen molar-refractivity contribution in [3.63, 3.8) is 0 Å². The lowest BCUT2D eigenvalue weighted by atomic mass is 10.0.